The van der Waals surface area contributed by atoms with Crippen molar-refractivity contribution in [1.29, 1.82) is 0 Å². The predicted molar refractivity (Wildman–Crippen MR) is 79.1 cm³/mol. The van der Waals surface area contributed by atoms with Crippen LogP contribution in [-0.2, 0) is 0 Å². The smallest absolute Gasteiger partial charge is 0.257 e. The third kappa shape index (κ3) is 2.22. The van der Waals surface area contributed by atoms with Gasteiger partial charge in [0.15, 0.2) is 0 Å². The average Bonchev–Trinajstić information content (AvgIpc) is 3.16. The number of nitrogens with zero attached hydrogens (tertiary/aromatic N) is 6. The summed E-state index contributed by atoms with van der Waals surface area (Å²) in [6.45, 7) is 1.01. The SMILES string of the molecule is Nc1nc(N2CCC3CCCCC32)nc(-n2cccn2)n1. The molecule has 3 heterocycles. The lowest BCUT2D eigenvalue weighted by Gasteiger charge is -2.31. The zero-order valence-corrected chi connectivity index (χ0v) is 11.9. The molecule has 0 amide bonds. The van der Waals surface area contributed by atoms with E-state index in [1.54, 1.807) is 10.9 Å². The molecule has 2 fully saturated rings. The minimum absolute atomic E-state index is 0.254. The van der Waals surface area contributed by atoms with Crippen molar-refractivity contribution in [2.24, 2.45) is 5.92 Å². The molecule has 21 heavy (non-hydrogen) atoms. The number of hydrogen-bond acceptors (Lipinski definition) is 6. The molecule has 7 nitrogen and oxygen atoms in total. The van der Waals surface area contributed by atoms with Crippen molar-refractivity contribution in [3.05, 3.63) is 18.5 Å². The normalized spacial score (nSPS) is 25.0. The minimum atomic E-state index is 0.254. The van der Waals surface area contributed by atoms with Crippen LogP contribution >= 0.6 is 0 Å². The summed E-state index contributed by atoms with van der Waals surface area (Å²) in [5, 5.41) is 4.17. The Morgan fingerprint density at radius 1 is 1.05 bits per heavy atom. The highest BCUT2D eigenvalue weighted by Gasteiger charge is 2.37. The number of rotatable bonds is 2. The quantitative estimate of drug-likeness (QED) is 0.898. The fourth-order valence-electron chi connectivity index (χ4n) is 3.64. The van der Waals surface area contributed by atoms with Gasteiger partial charge in [-0.05, 0) is 31.2 Å². The van der Waals surface area contributed by atoms with Crippen molar-refractivity contribution in [2.75, 3.05) is 17.2 Å². The molecule has 2 aromatic heterocycles. The van der Waals surface area contributed by atoms with Gasteiger partial charge in [0.25, 0.3) is 5.95 Å². The molecule has 1 aliphatic carbocycles. The Balaban J connectivity index is 1.69. The van der Waals surface area contributed by atoms with Crippen molar-refractivity contribution in [1.82, 2.24) is 24.7 Å². The summed E-state index contributed by atoms with van der Waals surface area (Å²) in [4.78, 5) is 15.4. The lowest BCUT2D eigenvalue weighted by molar-refractivity contribution is 0.340. The van der Waals surface area contributed by atoms with E-state index in [4.69, 9.17) is 5.73 Å². The Hall–Kier alpha value is -2.18. The Labute approximate surface area is 123 Å². The van der Waals surface area contributed by atoms with Gasteiger partial charge in [-0.3, -0.25) is 0 Å². The van der Waals surface area contributed by atoms with Crippen molar-refractivity contribution in [2.45, 2.75) is 38.1 Å². The molecule has 1 aliphatic heterocycles. The van der Waals surface area contributed by atoms with Gasteiger partial charge in [0.2, 0.25) is 11.9 Å². The van der Waals surface area contributed by atoms with Gasteiger partial charge in [-0.1, -0.05) is 12.8 Å². The lowest BCUT2D eigenvalue weighted by Crippen LogP contribution is -2.36. The Morgan fingerprint density at radius 3 is 2.76 bits per heavy atom. The molecule has 2 aliphatic rings. The third-order valence-electron chi connectivity index (χ3n) is 4.61. The van der Waals surface area contributed by atoms with Crippen LogP contribution in [-0.4, -0.2) is 37.3 Å². The van der Waals surface area contributed by atoms with Gasteiger partial charge in [-0.15, -0.1) is 0 Å². The molecule has 2 aromatic rings. The lowest BCUT2D eigenvalue weighted by atomic mass is 9.85. The molecule has 2 unspecified atom stereocenters. The highest BCUT2D eigenvalue weighted by Crippen LogP contribution is 2.37. The van der Waals surface area contributed by atoms with Crippen LogP contribution in [0.2, 0.25) is 0 Å². The maximum absolute atomic E-state index is 5.87. The summed E-state index contributed by atoms with van der Waals surface area (Å²) in [5.41, 5.74) is 5.87. The van der Waals surface area contributed by atoms with Crippen molar-refractivity contribution in [3.8, 4) is 5.95 Å². The van der Waals surface area contributed by atoms with Crippen LogP contribution in [0.15, 0.2) is 18.5 Å². The monoisotopic (exact) mass is 285 g/mol. The molecular formula is C14H19N7. The highest BCUT2D eigenvalue weighted by atomic mass is 15.4. The highest BCUT2D eigenvalue weighted by molar-refractivity contribution is 5.40. The van der Waals surface area contributed by atoms with Crippen molar-refractivity contribution < 1.29 is 0 Å². The van der Waals surface area contributed by atoms with Crippen LogP contribution in [0.5, 0.6) is 0 Å². The standard InChI is InChI=1S/C14H19N7/c15-12-17-13(19-14(18-12)21-8-3-7-16-21)20-9-6-10-4-1-2-5-11(10)20/h3,7-8,10-11H,1-2,4-6,9H2,(H2,15,17,18,19). The molecule has 7 heteroatoms. The first-order valence-corrected chi connectivity index (χ1v) is 7.59. The molecule has 0 spiro atoms. The number of nitrogens with two attached hydrogens (primary N) is 1. The van der Waals surface area contributed by atoms with Crippen LogP contribution in [0, 0.1) is 5.92 Å². The van der Waals surface area contributed by atoms with Gasteiger partial charge < -0.3 is 10.6 Å². The fraction of sp³-hybridized carbons (Fsp3) is 0.571. The van der Waals surface area contributed by atoms with E-state index < -0.39 is 0 Å². The second-order valence-electron chi connectivity index (χ2n) is 5.84. The van der Waals surface area contributed by atoms with Crippen molar-refractivity contribution >= 4 is 11.9 Å². The van der Waals surface area contributed by atoms with E-state index in [1.165, 1.54) is 32.1 Å². The van der Waals surface area contributed by atoms with Gasteiger partial charge in [0, 0.05) is 25.0 Å². The first-order valence-electron chi connectivity index (χ1n) is 7.59. The topological polar surface area (TPSA) is 85.8 Å². The van der Waals surface area contributed by atoms with Gasteiger partial charge >= 0.3 is 0 Å². The molecule has 1 saturated heterocycles. The van der Waals surface area contributed by atoms with Gasteiger partial charge in [-0.2, -0.15) is 20.1 Å². The largest absolute Gasteiger partial charge is 0.368 e. The number of fused-ring (bicyclic) bond motifs is 1. The molecule has 2 N–H and O–H groups in total. The molecule has 110 valence electrons. The second kappa shape index (κ2) is 4.98. The summed E-state index contributed by atoms with van der Waals surface area (Å²) in [7, 11) is 0. The van der Waals surface area contributed by atoms with E-state index in [9.17, 15) is 0 Å². The van der Waals surface area contributed by atoms with Crippen LogP contribution in [0.25, 0.3) is 5.95 Å². The number of anilines is 2. The van der Waals surface area contributed by atoms with Crippen LogP contribution in [0.4, 0.5) is 11.9 Å². The Kier molecular flexibility index (Phi) is 2.98. The van der Waals surface area contributed by atoms with Gasteiger partial charge in [0.05, 0.1) is 0 Å². The molecule has 0 radical (unpaired) electrons. The molecule has 0 bridgehead atoms. The Bertz CT molecular complexity index is 624. The zero-order valence-electron chi connectivity index (χ0n) is 11.9. The van der Waals surface area contributed by atoms with Crippen LogP contribution in [0.3, 0.4) is 0 Å². The Morgan fingerprint density at radius 2 is 1.90 bits per heavy atom. The third-order valence-corrected chi connectivity index (χ3v) is 4.61. The van der Waals surface area contributed by atoms with E-state index in [-0.39, 0.29) is 5.95 Å². The van der Waals surface area contributed by atoms with Crippen molar-refractivity contribution in [3.63, 3.8) is 0 Å². The first kappa shape index (κ1) is 12.6. The summed E-state index contributed by atoms with van der Waals surface area (Å²) in [6.07, 6.45) is 9.95. The van der Waals surface area contributed by atoms with E-state index in [0.29, 0.717) is 17.9 Å². The van der Waals surface area contributed by atoms with E-state index >= 15 is 0 Å². The number of nitrogen functional groups attached to an aromatic ring is 1. The molecule has 2 atom stereocenters. The van der Waals surface area contributed by atoms with E-state index in [0.717, 1.165) is 12.5 Å². The summed E-state index contributed by atoms with van der Waals surface area (Å²) in [5.74, 6) is 2.22. The minimum Gasteiger partial charge on any atom is -0.368 e. The van der Waals surface area contributed by atoms with Crippen LogP contribution < -0.4 is 10.6 Å². The molecular weight excluding hydrogens is 266 g/mol. The second-order valence-corrected chi connectivity index (χ2v) is 5.84. The number of hydrogen-bond donors (Lipinski definition) is 1. The fourth-order valence-corrected chi connectivity index (χ4v) is 3.64. The van der Waals surface area contributed by atoms with Crippen LogP contribution in [0.1, 0.15) is 32.1 Å². The van der Waals surface area contributed by atoms with Gasteiger partial charge in [0.1, 0.15) is 0 Å². The molecule has 0 aromatic carbocycles. The molecule has 4 rings (SSSR count). The zero-order chi connectivity index (χ0) is 14.2. The maximum atomic E-state index is 5.87. The predicted octanol–water partition coefficient (Wildman–Crippen LogP) is 1.41. The average molecular weight is 285 g/mol. The number of aromatic nitrogens is 5. The maximum Gasteiger partial charge on any atom is 0.257 e. The summed E-state index contributed by atoms with van der Waals surface area (Å²) in [6, 6.07) is 2.40. The summed E-state index contributed by atoms with van der Waals surface area (Å²) >= 11 is 0. The van der Waals surface area contributed by atoms with E-state index in [1.807, 2.05) is 12.3 Å². The first-order chi connectivity index (χ1) is 10.3. The van der Waals surface area contributed by atoms with E-state index in [2.05, 4.69) is 25.0 Å². The molecule has 1 saturated carbocycles. The summed E-state index contributed by atoms with van der Waals surface area (Å²) < 4.78 is 1.62. The van der Waals surface area contributed by atoms with Gasteiger partial charge in [-0.25, -0.2) is 4.68 Å².